The number of hydrogen-bond acceptors (Lipinski definition) is 7. The fourth-order valence-corrected chi connectivity index (χ4v) is 1.97. The molecule has 2 N–H and O–H groups in total. The zero-order chi connectivity index (χ0) is 13.8. The van der Waals surface area contributed by atoms with Gasteiger partial charge < -0.3 is 5.11 Å². The van der Waals surface area contributed by atoms with Crippen molar-refractivity contribution in [2.45, 2.75) is 6.92 Å². The second-order valence-electron chi connectivity index (χ2n) is 3.67. The Labute approximate surface area is 112 Å². The highest BCUT2D eigenvalue weighted by molar-refractivity contribution is 7.13. The number of hydrogen-bond donors (Lipinski definition) is 2. The molecule has 2 aromatic rings. The normalized spacial score (nSPS) is 10.8. The predicted molar refractivity (Wildman–Crippen MR) is 72.8 cm³/mol. The number of nitro benzene ring substituents is 1. The Morgan fingerprint density at radius 3 is 3.00 bits per heavy atom. The van der Waals surface area contributed by atoms with Crippen LogP contribution in [0.2, 0.25) is 0 Å². The lowest BCUT2D eigenvalue weighted by atomic mass is 10.2. The molecule has 0 aliphatic rings. The molecule has 1 aromatic carbocycles. The highest BCUT2D eigenvalue weighted by Crippen LogP contribution is 2.25. The molecule has 0 aliphatic carbocycles. The molecule has 0 saturated heterocycles. The van der Waals surface area contributed by atoms with Crippen LogP contribution >= 0.6 is 11.3 Å². The summed E-state index contributed by atoms with van der Waals surface area (Å²) in [6.45, 7) is 1.87. The minimum Gasteiger partial charge on any atom is -0.502 e. The van der Waals surface area contributed by atoms with Gasteiger partial charge in [0.1, 0.15) is 0 Å². The molecule has 0 saturated carbocycles. The van der Waals surface area contributed by atoms with Gasteiger partial charge in [-0.1, -0.05) is 0 Å². The summed E-state index contributed by atoms with van der Waals surface area (Å²) in [6, 6.07) is 4.03. The first-order valence-electron chi connectivity index (χ1n) is 5.25. The van der Waals surface area contributed by atoms with Crippen LogP contribution in [0.4, 0.5) is 10.8 Å². The number of rotatable bonds is 4. The number of anilines is 1. The summed E-state index contributed by atoms with van der Waals surface area (Å²) < 4.78 is 0. The summed E-state index contributed by atoms with van der Waals surface area (Å²) in [6.07, 6.45) is 1.42. The largest absolute Gasteiger partial charge is 0.502 e. The van der Waals surface area contributed by atoms with E-state index in [1.54, 1.807) is 0 Å². The zero-order valence-corrected chi connectivity index (χ0v) is 10.7. The summed E-state index contributed by atoms with van der Waals surface area (Å²) in [7, 11) is 0. The van der Waals surface area contributed by atoms with E-state index in [4.69, 9.17) is 0 Å². The fourth-order valence-electron chi connectivity index (χ4n) is 1.33. The lowest BCUT2D eigenvalue weighted by Gasteiger charge is -1.97. The van der Waals surface area contributed by atoms with Crippen molar-refractivity contribution in [3.8, 4) is 5.75 Å². The van der Waals surface area contributed by atoms with Gasteiger partial charge in [-0.05, 0) is 19.1 Å². The summed E-state index contributed by atoms with van der Waals surface area (Å²) >= 11 is 1.41. The molecular weight excluding hydrogens is 268 g/mol. The highest BCUT2D eigenvalue weighted by atomic mass is 32.1. The number of aromatic hydroxyl groups is 1. The van der Waals surface area contributed by atoms with E-state index in [2.05, 4.69) is 15.5 Å². The third-order valence-electron chi connectivity index (χ3n) is 2.19. The Bertz CT molecular complexity index is 639. The minimum absolute atomic E-state index is 0.353. The van der Waals surface area contributed by atoms with Crippen LogP contribution < -0.4 is 5.43 Å². The number of nitro groups is 1. The molecule has 0 aliphatic heterocycles. The van der Waals surface area contributed by atoms with E-state index in [-0.39, 0.29) is 11.4 Å². The second-order valence-corrected chi connectivity index (χ2v) is 4.53. The lowest BCUT2D eigenvalue weighted by Crippen LogP contribution is -1.93. The Morgan fingerprint density at radius 2 is 2.37 bits per heavy atom. The molecule has 19 heavy (non-hydrogen) atoms. The van der Waals surface area contributed by atoms with Crippen molar-refractivity contribution < 1.29 is 10.0 Å². The maximum atomic E-state index is 10.6. The van der Waals surface area contributed by atoms with Crippen LogP contribution in [-0.4, -0.2) is 21.2 Å². The molecule has 2 rings (SSSR count). The lowest BCUT2D eigenvalue weighted by molar-refractivity contribution is -0.385. The Balaban J connectivity index is 2.10. The number of thiazole rings is 1. The van der Waals surface area contributed by atoms with Gasteiger partial charge in [-0.25, -0.2) is 4.98 Å². The van der Waals surface area contributed by atoms with Crippen LogP contribution in [0.25, 0.3) is 0 Å². The van der Waals surface area contributed by atoms with E-state index in [1.165, 1.54) is 35.8 Å². The van der Waals surface area contributed by atoms with Crippen molar-refractivity contribution in [1.29, 1.82) is 0 Å². The SMILES string of the molecule is Cc1csc(N/N=C/c2ccc(O)c([N+](=O)[O-])c2)n1. The number of aryl methyl sites for hydroxylation is 1. The van der Waals surface area contributed by atoms with Crippen molar-refractivity contribution in [1.82, 2.24) is 4.98 Å². The van der Waals surface area contributed by atoms with E-state index in [1.807, 2.05) is 12.3 Å². The second kappa shape index (κ2) is 5.44. The van der Waals surface area contributed by atoms with Crippen LogP contribution in [0.1, 0.15) is 11.3 Å². The quantitative estimate of drug-likeness (QED) is 0.508. The number of aromatic nitrogens is 1. The third kappa shape index (κ3) is 3.26. The van der Waals surface area contributed by atoms with Crippen LogP contribution in [0.5, 0.6) is 5.75 Å². The summed E-state index contributed by atoms with van der Waals surface area (Å²) in [4.78, 5) is 14.1. The van der Waals surface area contributed by atoms with Gasteiger partial charge in [0.2, 0.25) is 5.13 Å². The minimum atomic E-state index is -0.649. The first kappa shape index (κ1) is 13.0. The summed E-state index contributed by atoms with van der Waals surface area (Å²) in [5, 5.41) is 26.4. The maximum Gasteiger partial charge on any atom is 0.311 e. The van der Waals surface area contributed by atoms with Gasteiger partial charge in [0, 0.05) is 17.0 Å². The van der Waals surface area contributed by atoms with E-state index in [0.717, 1.165) is 5.69 Å². The molecule has 1 heterocycles. The van der Waals surface area contributed by atoms with Crippen molar-refractivity contribution in [2.24, 2.45) is 5.10 Å². The van der Waals surface area contributed by atoms with Crippen molar-refractivity contribution in [2.75, 3.05) is 5.43 Å². The Morgan fingerprint density at radius 1 is 1.58 bits per heavy atom. The average Bonchev–Trinajstić information content (AvgIpc) is 2.77. The predicted octanol–water partition coefficient (Wildman–Crippen LogP) is 2.51. The van der Waals surface area contributed by atoms with Gasteiger partial charge in [-0.15, -0.1) is 11.3 Å². The third-order valence-corrected chi connectivity index (χ3v) is 3.05. The standard InChI is InChI=1S/C11H10N4O3S/c1-7-6-19-11(13-7)14-12-5-8-2-3-10(16)9(4-8)15(17)18/h2-6,16H,1H3,(H,13,14)/b12-5+. The molecule has 0 atom stereocenters. The molecule has 0 bridgehead atoms. The number of hydrazone groups is 1. The van der Waals surface area contributed by atoms with Gasteiger partial charge in [-0.2, -0.15) is 5.10 Å². The van der Waals surface area contributed by atoms with E-state index < -0.39 is 4.92 Å². The van der Waals surface area contributed by atoms with E-state index >= 15 is 0 Å². The van der Waals surface area contributed by atoms with Crippen LogP contribution in [0.3, 0.4) is 0 Å². The molecule has 7 nitrogen and oxygen atoms in total. The summed E-state index contributed by atoms with van der Waals surface area (Å²) in [5.41, 5.74) is 3.77. The summed E-state index contributed by atoms with van der Waals surface area (Å²) in [5.74, 6) is -0.370. The van der Waals surface area contributed by atoms with E-state index in [0.29, 0.717) is 10.7 Å². The smallest absolute Gasteiger partial charge is 0.311 e. The van der Waals surface area contributed by atoms with Gasteiger partial charge in [0.25, 0.3) is 0 Å². The van der Waals surface area contributed by atoms with Gasteiger partial charge in [-0.3, -0.25) is 15.5 Å². The monoisotopic (exact) mass is 278 g/mol. The van der Waals surface area contributed by atoms with Crippen LogP contribution in [0.15, 0.2) is 28.7 Å². The average molecular weight is 278 g/mol. The number of phenolic OH excluding ortho intramolecular Hbond substituents is 1. The topological polar surface area (TPSA) is 101 Å². The number of nitrogens with zero attached hydrogens (tertiary/aromatic N) is 3. The number of benzene rings is 1. The molecule has 8 heteroatoms. The van der Waals surface area contributed by atoms with Gasteiger partial charge in [0.15, 0.2) is 5.75 Å². The molecular formula is C11H10N4O3S. The van der Waals surface area contributed by atoms with Crippen molar-refractivity contribution >= 4 is 28.4 Å². The molecule has 0 fully saturated rings. The molecule has 0 amide bonds. The molecule has 0 radical (unpaired) electrons. The first-order valence-corrected chi connectivity index (χ1v) is 6.13. The molecule has 0 spiro atoms. The zero-order valence-electron chi connectivity index (χ0n) is 9.90. The van der Waals surface area contributed by atoms with E-state index in [9.17, 15) is 15.2 Å². The first-order chi connectivity index (χ1) is 9.06. The van der Waals surface area contributed by atoms with Crippen LogP contribution in [-0.2, 0) is 0 Å². The van der Waals surface area contributed by atoms with Gasteiger partial charge in [0.05, 0.1) is 16.8 Å². The van der Waals surface area contributed by atoms with Crippen molar-refractivity contribution in [3.05, 3.63) is 45.0 Å². The number of nitrogens with one attached hydrogen (secondary N) is 1. The Kier molecular flexibility index (Phi) is 3.71. The molecule has 1 aromatic heterocycles. The fraction of sp³-hybridized carbons (Fsp3) is 0.0909. The number of phenols is 1. The Hall–Kier alpha value is -2.48. The molecule has 0 unspecified atom stereocenters. The van der Waals surface area contributed by atoms with Crippen molar-refractivity contribution in [3.63, 3.8) is 0 Å². The molecule has 98 valence electrons. The van der Waals surface area contributed by atoms with Gasteiger partial charge >= 0.3 is 5.69 Å². The highest BCUT2D eigenvalue weighted by Gasteiger charge is 2.12. The maximum absolute atomic E-state index is 10.6. The van der Waals surface area contributed by atoms with Crippen LogP contribution in [0, 0.1) is 17.0 Å².